The predicted molar refractivity (Wildman–Crippen MR) is 82.3 cm³/mol. The number of rotatable bonds is 5. The van der Waals surface area contributed by atoms with Gasteiger partial charge in [-0.05, 0) is 31.3 Å². The lowest BCUT2D eigenvalue weighted by Crippen LogP contribution is -2.54. The van der Waals surface area contributed by atoms with Gasteiger partial charge in [-0.2, -0.15) is 0 Å². The third-order valence-corrected chi connectivity index (χ3v) is 4.12. The first-order valence-corrected chi connectivity index (χ1v) is 7.65. The maximum absolute atomic E-state index is 12.2. The van der Waals surface area contributed by atoms with Crippen LogP contribution >= 0.6 is 0 Å². The Morgan fingerprint density at radius 2 is 2.05 bits per heavy atom. The Balaban J connectivity index is 2.59. The van der Waals surface area contributed by atoms with Gasteiger partial charge in [-0.3, -0.25) is 4.90 Å². The van der Waals surface area contributed by atoms with Crippen LogP contribution in [0.1, 0.15) is 40.5 Å². The number of hydrogen-bond acceptors (Lipinski definition) is 3. The van der Waals surface area contributed by atoms with Crippen molar-refractivity contribution in [1.82, 2.24) is 15.1 Å². The summed E-state index contributed by atoms with van der Waals surface area (Å²) in [5.41, 5.74) is -0.523. The number of likely N-dealkylation sites (N-methyl/N-ethyl adjacent to an activating group) is 2. The van der Waals surface area contributed by atoms with E-state index in [2.05, 4.69) is 17.1 Å². The van der Waals surface area contributed by atoms with Gasteiger partial charge < -0.3 is 15.3 Å². The van der Waals surface area contributed by atoms with Crippen LogP contribution in [-0.4, -0.2) is 65.7 Å². The minimum atomic E-state index is -1.000. The number of likely N-dealkylation sites (tertiary alicyclic amines) is 1. The van der Waals surface area contributed by atoms with Crippen LogP contribution in [-0.2, 0) is 4.79 Å². The van der Waals surface area contributed by atoms with E-state index in [9.17, 15) is 14.7 Å². The van der Waals surface area contributed by atoms with Gasteiger partial charge in [0.2, 0.25) is 0 Å². The SMILES string of the molecule is CCN1CCCC1CN(C)C(=O)NC(C(=O)O)C(C)(C)C. The first kappa shape index (κ1) is 17.8. The average Bonchev–Trinajstić information content (AvgIpc) is 2.80. The lowest BCUT2D eigenvalue weighted by molar-refractivity contribution is -0.142. The average molecular weight is 299 g/mol. The Morgan fingerprint density at radius 1 is 1.43 bits per heavy atom. The zero-order valence-corrected chi connectivity index (χ0v) is 13.8. The maximum Gasteiger partial charge on any atom is 0.326 e. The van der Waals surface area contributed by atoms with E-state index in [0.29, 0.717) is 12.6 Å². The molecule has 21 heavy (non-hydrogen) atoms. The van der Waals surface area contributed by atoms with Gasteiger partial charge >= 0.3 is 12.0 Å². The molecule has 0 aromatic rings. The molecular weight excluding hydrogens is 270 g/mol. The number of carboxylic acids is 1. The van der Waals surface area contributed by atoms with Gasteiger partial charge in [-0.15, -0.1) is 0 Å². The van der Waals surface area contributed by atoms with E-state index in [-0.39, 0.29) is 6.03 Å². The molecular formula is C15H29N3O3. The molecule has 0 saturated carbocycles. The summed E-state index contributed by atoms with van der Waals surface area (Å²) in [4.78, 5) is 27.5. The lowest BCUT2D eigenvalue weighted by Gasteiger charge is -2.32. The molecule has 6 heteroatoms. The second kappa shape index (κ2) is 7.11. The molecule has 0 aromatic carbocycles. The van der Waals surface area contributed by atoms with Crippen LogP contribution in [0, 0.1) is 5.41 Å². The zero-order chi connectivity index (χ0) is 16.2. The molecule has 2 atom stereocenters. The van der Waals surface area contributed by atoms with Crippen molar-refractivity contribution in [1.29, 1.82) is 0 Å². The van der Waals surface area contributed by atoms with Gasteiger partial charge in [0.25, 0.3) is 0 Å². The third kappa shape index (κ3) is 4.88. The van der Waals surface area contributed by atoms with Crippen LogP contribution in [0.5, 0.6) is 0 Å². The van der Waals surface area contributed by atoms with Gasteiger partial charge in [0, 0.05) is 19.6 Å². The first-order valence-electron chi connectivity index (χ1n) is 7.65. The molecule has 0 spiro atoms. The fourth-order valence-corrected chi connectivity index (χ4v) is 2.80. The first-order chi connectivity index (χ1) is 9.66. The highest BCUT2D eigenvalue weighted by Crippen LogP contribution is 2.20. The third-order valence-electron chi connectivity index (χ3n) is 4.12. The van der Waals surface area contributed by atoms with Crippen molar-refractivity contribution in [3.05, 3.63) is 0 Å². The fourth-order valence-electron chi connectivity index (χ4n) is 2.80. The monoisotopic (exact) mass is 299 g/mol. The Kier molecular flexibility index (Phi) is 6.01. The van der Waals surface area contributed by atoms with Crippen LogP contribution in [0.2, 0.25) is 0 Å². The minimum absolute atomic E-state index is 0.319. The van der Waals surface area contributed by atoms with Gasteiger partial charge in [0.15, 0.2) is 0 Å². The second-order valence-corrected chi connectivity index (χ2v) is 6.89. The Hall–Kier alpha value is -1.30. The quantitative estimate of drug-likeness (QED) is 0.809. The van der Waals surface area contributed by atoms with Gasteiger partial charge in [-0.25, -0.2) is 9.59 Å². The normalized spacial score (nSPS) is 21.1. The summed E-state index contributed by atoms with van der Waals surface area (Å²) in [6, 6.07) is -0.831. The van der Waals surface area contributed by atoms with Crippen LogP contribution in [0.3, 0.4) is 0 Å². The Bertz CT molecular complexity index is 379. The summed E-state index contributed by atoms with van der Waals surface area (Å²) >= 11 is 0. The number of carboxylic acid groups (broad SMARTS) is 1. The van der Waals surface area contributed by atoms with Crippen LogP contribution in [0.25, 0.3) is 0 Å². The van der Waals surface area contributed by atoms with Crippen LogP contribution in [0.4, 0.5) is 4.79 Å². The van der Waals surface area contributed by atoms with Crippen molar-refractivity contribution >= 4 is 12.0 Å². The standard InChI is InChI=1S/C15H29N3O3/c1-6-18-9-7-8-11(18)10-17(5)14(21)16-12(13(19)20)15(2,3)4/h11-12H,6-10H2,1-5H3,(H,16,21)(H,19,20). The summed E-state index contributed by atoms with van der Waals surface area (Å²) in [6.07, 6.45) is 2.25. The van der Waals surface area contributed by atoms with Gasteiger partial charge in [0.1, 0.15) is 6.04 Å². The van der Waals surface area contributed by atoms with Crippen molar-refractivity contribution < 1.29 is 14.7 Å². The van der Waals surface area contributed by atoms with E-state index in [4.69, 9.17) is 0 Å². The van der Waals surface area contributed by atoms with Crippen molar-refractivity contribution in [3.63, 3.8) is 0 Å². The smallest absolute Gasteiger partial charge is 0.326 e. The van der Waals surface area contributed by atoms with E-state index < -0.39 is 17.4 Å². The molecule has 1 rings (SSSR count). The van der Waals surface area contributed by atoms with Crippen LogP contribution in [0.15, 0.2) is 0 Å². The number of carbonyl (C=O) groups is 2. The highest BCUT2D eigenvalue weighted by Gasteiger charge is 2.34. The summed E-state index contributed by atoms with van der Waals surface area (Å²) in [7, 11) is 1.73. The largest absolute Gasteiger partial charge is 0.480 e. The van der Waals surface area contributed by atoms with Crippen molar-refractivity contribution in [2.75, 3.05) is 26.7 Å². The molecule has 0 aromatic heterocycles. The number of aliphatic carboxylic acids is 1. The molecule has 1 saturated heterocycles. The topological polar surface area (TPSA) is 72.9 Å². The zero-order valence-electron chi connectivity index (χ0n) is 13.8. The highest BCUT2D eigenvalue weighted by atomic mass is 16.4. The number of amides is 2. The van der Waals surface area contributed by atoms with E-state index in [0.717, 1.165) is 25.9 Å². The van der Waals surface area contributed by atoms with Crippen molar-refractivity contribution in [3.8, 4) is 0 Å². The van der Waals surface area contributed by atoms with Crippen molar-refractivity contribution in [2.24, 2.45) is 5.41 Å². The molecule has 1 aliphatic heterocycles. The van der Waals surface area contributed by atoms with E-state index >= 15 is 0 Å². The van der Waals surface area contributed by atoms with E-state index in [1.54, 1.807) is 11.9 Å². The molecule has 1 fully saturated rings. The molecule has 122 valence electrons. The second-order valence-electron chi connectivity index (χ2n) is 6.89. The molecule has 0 radical (unpaired) electrons. The number of carbonyl (C=O) groups excluding carboxylic acids is 1. The predicted octanol–water partition coefficient (Wildman–Crippen LogP) is 1.61. The molecule has 6 nitrogen and oxygen atoms in total. The molecule has 0 bridgehead atoms. The number of nitrogens with one attached hydrogen (secondary N) is 1. The van der Waals surface area contributed by atoms with Gasteiger partial charge in [0.05, 0.1) is 0 Å². The van der Waals surface area contributed by atoms with E-state index in [1.165, 1.54) is 0 Å². The fraction of sp³-hybridized carbons (Fsp3) is 0.867. The maximum atomic E-state index is 12.2. The van der Waals surface area contributed by atoms with E-state index in [1.807, 2.05) is 20.8 Å². The summed E-state index contributed by atoms with van der Waals surface area (Å²) < 4.78 is 0. The van der Waals surface area contributed by atoms with Crippen molar-refractivity contribution in [2.45, 2.75) is 52.6 Å². The summed E-state index contributed by atoms with van der Waals surface area (Å²) in [5, 5.41) is 11.9. The summed E-state index contributed by atoms with van der Waals surface area (Å²) in [5.74, 6) is -1.000. The summed E-state index contributed by atoms with van der Waals surface area (Å²) in [6.45, 7) is 10.2. The molecule has 1 heterocycles. The highest BCUT2D eigenvalue weighted by molar-refractivity contribution is 5.83. The molecule has 2 amide bonds. The molecule has 2 unspecified atom stereocenters. The molecule has 0 aliphatic carbocycles. The number of hydrogen-bond donors (Lipinski definition) is 2. The van der Waals surface area contributed by atoms with Gasteiger partial charge in [-0.1, -0.05) is 27.7 Å². The minimum Gasteiger partial charge on any atom is -0.480 e. The number of nitrogens with zero attached hydrogens (tertiary/aromatic N) is 2. The molecule has 1 aliphatic rings. The van der Waals surface area contributed by atoms with Crippen LogP contribution < -0.4 is 5.32 Å². The Morgan fingerprint density at radius 3 is 2.52 bits per heavy atom. The number of urea groups is 1. The lowest BCUT2D eigenvalue weighted by atomic mass is 9.87. The Labute approximate surface area is 127 Å². The molecule has 2 N–H and O–H groups in total.